The second-order valence-corrected chi connectivity index (χ2v) is 7.00. The fourth-order valence-corrected chi connectivity index (χ4v) is 3.59. The van der Waals surface area contributed by atoms with E-state index < -0.39 is 0 Å². The molecule has 0 radical (unpaired) electrons. The van der Waals surface area contributed by atoms with Crippen molar-refractivity contribution in [2.24, 2.45) is 0 Å². The predicted molar refractivity (Wildman–Crippen MR) is 88.5 cm³/mol. The van der Waals surface area contributed by atoms with Crippen LogP contribution in [0.3, 0.4) is 0 Å². The number of fused-ring (bicyclic) bond motifs is 1. The number of thioether (sulfide) groups is 1. The molecule has 1 N–H and O–H groups in total. The summed E-state index contributed by atoms with van der Waals surface area (Å²) in [5.41, 5.74) is -0.107. The summed E-state index contributed by atoms with van der Waals surface area (Å²) in [5.74, 6) is 0.502. The van der Waals surface area contributed by atoms with E-state index in [2.05, 4.69) is 42.9 Å². The number of carbonyl (C=O) groups excluding carboxylic acids is 1. The average molecular weight is 324 g/mol. The molecule has 0 aromatic carbocycles. The predicted octanol–water partition coefficient (Wildman–Crippen LogP) is 1.20. The van der Waals surface area contributed by atoms with Gasteiger partial charge in [-0.2, -0.15) is 0 Å². The Morgan fingerprint density at radius 3 is 2.73 bits per heavy atom. The van der Waals surface area contributed by atoms with Gasteiger partial charge in [-0.3, -0.25) is 19.1 Å². The van der Waals surface area contributed by atoms with Gasteiger partial charge in [-0.25, -0.2) is 4.98 Å². The minimum absolute atomic E-state index is 0.131. The van der Waals surface area contributed by atoms with Gasteiger partial charge < -0.3 is 5.32 Å². The van der Waals surface area contributed by atoms with Crippen molar-refractivity contribution in [1.82, 2.24) is 19.8 Å². The molecule has 2 heterocycles. The number of amides is 1. The van der Waals surface area contributed by atoms with E-state index in [1.807, 2.05) is 0 Å². The monoisotopic (exact) mass is 324 g/mol. The first kappa shape index (κ1) is 17.0. The largest absolute Gasteiger partial charge is 0.351 e. The fourth-order valence-electron chi connectivity index (χ4n) is 2.68. The van der Waals surface area contributed by atoms with E-state index in [0.717, 1.165) is 12.3 Å². The van der Waals surface area contributed by atoms with Gasteiger partial charge in [0.05, 0.1) is 0 Å². The normalized spacial score (nSPS) is 14.0. The van der Waals surface area contributed by atoms with Crippen molar-refractivity contribution >= 4 is 17.7 Å². The molecule has 2 rings (SSSR count). The fraction of sp³-hybridized carbons (Fsp3) is 0.667. The number of nitrogens with zero attached hydrogens (tertiary/aromatic N) is 3. The molecule has 0 atom stereocenters. The Balaban J connectivity index is 1.98. The Bertz CT molecular complexity index is 590. The average Bonchev–Trinajstić information content (AvgIpc) is 2.92. The van der Waals surface area contributed by atoms with Crippen LogP contribution in [0.15, 0.2) is 16.1 Å². The van der Waals surface area contributed by atoms with Crippen molar-refractivity contribution in [2.75, 3.05) is 18.8 Å². The molecule has 0 spiro atoms. The standard InChI is InChI=1S/C15H24N4O2S/c1-10(2)18(11(3)4)6-5-16-13(20)12-9-17-15-19(14(12)21)7-8-22-15/h9-11H,5-8H2,1-4H3,(H,16,20). The molecule has 0 aliphatic carbocycles. The second kappa shape index (κ2) is 7.28. The first-order chi connectivity index (χ1) is 10.4. The Morgan fingerprint density at radius 2 is 2.09 bits per heavy atom. The van der Waals surface area contributed by atoms with Crippen molar-refractivity contribution in [3.05, 3.63) is 22.1 Å². The number of nitrogens with one attached hydrogen (secondary N) is 1. The van der Waals surface area contributed by atoms with Crippen LogP contribution in [0.5, 0.6) is 0 Å². The quantitative estimate of drug-likeness (QED) is 0.797. The molecule has 0 bridgehead atoms. The van der Waals surface area contributed by atoms with Gasteiger partial charge in [0.1, 0.15) is 5.56 Å². The van der Waals surface area contributed by atoms with Crippen LogP contribution in [0.2, 0.25) is 0 Å². The molecule has 22 heavy (non-hydrogen) atoms. The lowest BCUT2D eigenvalue weighted by atomic mass is 10.2. The zero-order chi connectivity index (χ0) is 16.3. The summed E-state index contributed by atoms with van der Waals surface area (Å²) in [6.45, 7) is 10.4. The van der Waals surface area contributed by atoms with E-state index in [1.165, 1.54) is 6.20 Å². The second-order valence-electron chi connectivity index (χ2n) is 5.94. The molecule has 0 unspecified atom stereocenters. The number of hydrogen-bond acceptors (Lipinski definition) is 5. The molecule has 7 heteroatoms. The summed E-state index contributed by atoms with van der Waals surface area (Å²) >= 11 is 1.54. The van der Waals surface area contributed by atoms with E-state index in [0.29, 0.717) is 30.3 Å². The van der Waals surface area contributed by atoms with Gasteiger partial charge in [-0.05, 0) is 27.7 Å². The third kappa shape index (κ3) is 3.70. The van der Waals surface area contributed by atoms with E-state index >= 15 is 0 Å². The van der Waals surface area contributed by atoms with Crippen molar-refractivity contribution < 1.29 is 4.79 Å². The number of hydrogen-bond donors (Lipinski definition) is 1. The minimum atomic E-state index is -0.336. The highest BCUT2D eigenvalue weighted by molar-refractivity contribution is 7.99. The molecule has 0 fully saturated rings. The molecule has 1 aromatic rings. The van der Waals surface area contributed by atoms with Crippen LogP contribution in [0.1, 0.15) is 38.1 Å². The first-order valence-corrected chi connectivity index (χ1v) is 8.67. The van der Waals surface area contributed by atoms with E-state index in [-0.39, 0.29) is 17.0 Å². The summed E-state index contributed by atoms with van der Waals surface area (Å²) in [6.07, 6.45) is 1.39. The smallest absolute Gasteiger partial charge is 0.267 e. The molecular weight excluding hydrogens is 300 g/mol. The third-order valence-corrected chi connectivity index (χ3v) is 4.75. The summed E-state index contributed by atoms with van der Waals surface area (Å²) in [7, 11) is 0. The van der Waals surface area contributed by atoms with Crippen molar-refractivity contribution in [3.8, 4) is 0 Å². The van der Waals surface area contributed by atoms with Gasteiger partial charge in [0.25, 0.3) is 11.5 Å². The van der Waals surface area contributed by atoms with Crippen molar-refractivity contribution in [3.63, 3.8) is 0 Å². The van der Waals surface area contributed by atoms with Crippen molar-refractivity contribution in [1.29, 1.82) is 0 Å². The maximum absolute atomic E-state index is 12.3. The first-order valence-electron chi connectivity index (χ1n) is 7.68. The molecule has 0 saturated carbocycles. The van der Waals surface area contributed by atoms with Crippen LogP contribution >= 0.6 is 11.8 Å². The lowest BCUT2D eigenvalue weighted by molar-refractivity contribution is 0.0936. The molecule has 1 aliphatic heterocycles. The molecular formula is C15H24N4O2S. The molecule has 1 aliphatic rings. The van der Waals surface area contributed by atoms with Crippen molar-refractivity contribution in [2.45, 2.75) is 51.5 Å². The number of rotatable bonds is 6. The van der Waals surface area contributed by atoms with E-state index in [1.54, 1.807) is 16.3 Å². The lowest BCUT2D eigenvalue weighted by Gasteiger charge is -2.30. The maximum Gasteiger partial charge on any atom is 0.267 e. The Hall–Kier alpha value is -1.34. The summed E-state index contributed by atoms with van der Waals surface area (Å²) < 4.78 is 1.58. The van der Waals surface area contributed by atoms with Gasteiger partial charge in [0.15, 0.2) is 5.16 Å². The Morgan fingerprint density at radius 1 is 1.41 bits per heavy atom. The van der Waals surface area contributed by atoms with Gasteiger partial charge in [0.2, 0.25) is 0 Å². The van der Waals surface area contributed by atoms with Crippen LogP contribution in [0, 0.1) is 0 Å². The highest BCUT2D eigenvalue weighted by Gasteiger charge is 2.20. The Labute approximate surface area is 135 Å². The molecule has 1 amide bonds. The van der Waals surface area contributed by atoms with Gasteiger partial charge in [0, 0.05) is 43.7 Å². The molecule has 0 saturated heterocycles. The minimum Gasteiger partial charge on any atom is -0.351 e. The number of aromatic nitrogens is 2. The SMILES string of the molecule is CC(C)N(CCNC(=O)c1cnc2n(c1=O)CCS2)C(C)C. The van der Waals surface area contributed by atoms with Crippen LogP contribution < -0.4 is 10.9 Å². The van der Waals surface area contributed by atoms with Crippen LogP contribution in [0.25, 0.3) is 0 Å². The zero-order valence-corrected chi connectivity index (χ0v) is 14.4. The topological polar surface area (TPSA) is 67.2 Å². The van der Waals surface area contributed by atoms with Gasteiger partial charge >= 0.3 is 0 Å². The van der Waals surface area contributed by atoms with Crippen LogP contribution in [-0.4, -0.2) is 51.3 Å². The molecule has 1 aromatic heterocycles. The summed E-state index contributed by atoms with van der Waals surface area (Å²) in [4.78, 5) is 30.9. The van der Waals surface area contributed by atoms with Gasteiger partial charge in [-0.1, -0.05) is 11.8 Å². The van der Waals surface area contributed by atoms with Crippen LogP contribution in [0.4, 0.5) is 0 Å². The Kier molecular flexibility index (Phi) is 5.63. The molecule has 122 valence electrons. The van der Waals surface area contributed by atoms with Crippen LogP contribution in [-0.2, 0) is 6.54 Å². The highest BCUT2D eigenvalue weighted by Crippen LogP contribution is 2.20. The van der Waals surface area contributed by atoms with Gasteiger partial charge in [-0.15, -0.1) is 0 Å². The number of carbonyl (C=O) groups is 1. The lowest BCUT2D eigenvalue weighted by Crippen LogP contribution is -2.43. The summed E-state index contributed by atoms with van der Waals surface area (Å²) in [6, 6.07) is 0.836. The third-order valence-electron chi connectivity index (χ3n) is 3.78. The summed E-state index contributed by atoms with van der Waals surface area (Å²) in [5, 5.41) is 3.53. The molecule has 6 nitrogen and oxygen atoms in total. The maximum atomic E-state index is 12.3. The van der Waals surface area contributed by atoms with E-state index in [9.17, 15) is 9.59 Å². The van der Waals surface area contributed by atoms with E-state index in [4.69, 9.17) is 0 Å². The highest BCUT2D eigenvalue weighted by atomic mass is 32.2. The zero-order valence-electron chi connectivity index (χ0n) is 13.6.